The topological polar surface area (TPSA) is 54.1 Å². The maximum Gasteiger partial charge on any atom is 0.228 e. The molecule has 2 aliphatic rings. The maximum atomic E-state index is 12.5. The van der Waals surface area contributed by atoms with Crippen LogP contribution in [0.2, 0.25) is 0 Å². The van der Waals surface area contributed by atoms with Crippen LogP contribution in [-0.4, -0.2) is 31.7 Å². The van der Waals surface area contributed by atoms with Gasteiger partial charge in [0.05, 0.1) is 6.42 Å². The fourth-order valence-corrected chi connectivity index (χ4v) is 3.65. The molecule has 2 aliphatic heterocycles. The highest BCUT2D eigenvalue weighted by atomic mass is 16.6. The van der Waals surface area contributed by atoms with E-state index in [0.717, 1.165) is 33.8 Å². The van der Waals surface area contributed by atoms with E-state index in [4.69, 9.17) is 9.47 Å². The molecule has 0 radical (unpaired) electrons. The van der Waals surface area contributed by atoms with Gasteiger partial charge in [-0.1, -0.05) is 12.1 Å². The first kappa shape index (κ1) is 17.9. The van der Waals surface area contributed by atoms with Crippen LogP contribution in [0.4, 0.5) is 11.4 Å². The second-order valence-electron chi connectivity index (χ2n) is 8.17. The standard InChI is InChI=1S/C22H26N2O3/c1-13-10-18-16(20-21(26-20)22(2,3)27-18)12-17(13)23-19(25)11-14-6-8-15(9-7-14)24(4)5/h6-10,12,20-21H,11H2,1-5H3,(H,23,25). The lowest BCUT2D eigenvalue weighted by Gasteiger charge is -2.30. The molecule has 0 aromatic heterocycles. The Morgan fingerprint density at radius 1 is 1.19 bits per heavy atom. The first-order chi connectivity index (χ1) is 12.7. The van der Waals surface area contributed by atoms with Crippen LogP contribution < -0.4 is 15.0 Å². The number of carbonyl (C=O) groups is 1. The number of epoxide rings is 1. The number of hydrogen-bond donors (Lipinski definition) is 1. The van der Waals surface area contributed by atoms with E-state index in [1.54, 1.807) is 0 Å². The molecule has 4 rings (SSSR count). The summed E-state index contributed by atoms with van der Waals surface area (Å²) in [5.41, 5.74) is 4.63. The number of nitrogens with one attached hydrogen (secondary N) is 1. The van der Waals surface area contributed by atoms with Gasteiger partial charge >= 0.3 is 0 Å². The molecule has 2 aromatic carbocycles. The number of hydrogen-bond acceptors (Lipinski definition) is 4. The highest BCUT2D eigenvalue weighted by Gasteiger charge is 2.56. The zero-order valence-corrected chi connectivity index (χ0v) is 16.5. The number of aryl methyl sites for hydroxylation is 1. The van der Waals surface area contributed by atoms with E-state index in [0.29, 0.717) is 6.42 Å². The van der Waals surface area contributed by atoms with Crippen molar-refractivity contribution in [1.82, 2.24) is 0 Å². The average Bonchev–Trinajstić information content (AvgIpc) is 3.38. The van der Waals surface area contributed by atoms with Crippen LogP contribution in [0.1, 0.15) is 36.6 Å². The van der Waals surface area contributed by atoms with Crippen LogP contribution in [0.5, 0.6) is 5.75 Å². The fraction of sp³-hybridized carbons (Fsp3) is 0.409. The normalized spacial score (nSPS) is 21.5. The molecule has 142 valence electrons. The Morgan fingerprint density at radius 2 is 1.89 bits per heavy atom. The number of rotatable bonds is 4. The zero-order valence-electron chi connectivity index (χ0n) is 16.5. The third-order valence-electron chi connectivity index (χ3n) is 5.30. The molecule has 2 heterocycles. The van der Waals surface area contributed by atoms with Crippen molar-refractivity contribution in [3.63, 3.8) is 0 Å². The van der Waals surface area contributed by atoms with Crippen LogP contribution in [-0.2, 0) is 16.0 Å². The Balaban J connectivity index is 1.48. The molecule has 0 aliphatic carbocycles. The lowest BCUT2D eigenvalue weighted by molar-refractivity contribution is -0.115. The van der Waals surface area contributed by atoms with Crippen LogP contribution in [0.15, 0.2) is 36.4 Å². The van der Waals surface area contributed by atoms with Crippen LogP contribution in [0.25, 0.3) is 0 Å². The number of benzene rings is 2. The van der Waals surface area contributed by atoms with E-state index in [1.165, 1.54) is 0 Å². The van der Waals surface area contributed by atoms with Gasteiger partial charge in [-0.3, -0.25) is 4.79 Å². The van der Waals surface area contributed by atoms with Gasteiger partial charge in [0.25, 0.3) is 0 Å². The lowest BCUT2D eigenvalue weighted by atomic mass is 9.93. The van der Waals surface area contributed by atoms with Gasteiger partial charge in [0.1, 0.15) is 23.6 Å². The molecule has 1 saturated heterocycles. The minimum atomic E-state index is -0.312. The number of amides is 1. The lowest BCUT2D eigenvalue weighted by Crippen LogP contribution is -2.37. The van der Waals surface area contributed by atoms with Crippen LogP contribution in [0.3, 0.4) is 0 Å². The van der Waals surface area contributed by atoms with Gasteiger partial charge in [0.15, 0.2) is 0 Å². The third-order valence-corrected chi connectivity index (χ3v) is 5.30. The Morgan fingerprint density at radius 3 is 2.56 bits per heavy atom. The molecule has 2 aromatic rings. The van der Waals surface area contributed by atoms with Crippen LogP contribution >= 0.6 is 0 Å². The summed E-state index contributed by atoms with van der Waals surface area (Å²) in [7, 11) is 4.00. The van der Waals surface area contributed by atoms with E-state index < -0.39 is 0 Å². The first-order valence-corrected chi connectivity index (χ1v) is 9.30. The summed E-state index contributed by atoms with van der Waals surface area (Å²) in [4.78, 5) is 14.6. The second kappa shape index (κ2) is 6.27. The van der Waals surface area contributed by atoms with Crippen molar-refractivity contribution < 1.29 is 14.3 Å². The molecule has 1 amide bonds. The predicted molar refractivity (Wildman–Crippen MR) is 107 cm³/mol. The fourth-order valence-electron chi connectivity index (χ4n) is 3.65. The van der Waals surface area contributed by atoms with Crippen molar-refractivity contribution in [2.45, 2.75) is 45.0 Å². The molecular weight excluding hydrogens is 340 g/mol. The summed E-state index contributed by atoms with van der Waals surface area (Å²) in [6, 6.07) is 12.0. The van der Waals surface area contributed by atoms with E-state index in [-0.39, 0.29) is 23.7 Å². The van der Waals surface area contributed by atoms with E-state index in [1.807, 2.05) is 76.2 Å². The molecule has 5 heteroatoms. The van der Waals surface area contributed by atoms with Gasteiger partial charge in [-0.25, -0.2) is 0 Å². The van der Waals surface area contributed by atoms with Gasteiger partial charge in [-0.15, -0.1) is 0 Å². The summed E-state index contributed by atoms with van der Waals surface area (Å²) in [6.07, 6.45) is 0.501. The largest absolute Gasteiger partial charge is 0.485 e. The van der Waals surface area contributed by atoms with Crippen molar-refractivity contribution >= 4 is 17.3 Å². The van der Waals surface area contributed by atoms with E-state index >= 15 is 0 Å². The minimum absolute atomic E-state index is 0.0269. The van der Waals surface area contributed by atoms with Gasteiger partial charge in [-0.05, 0) is 56.2 Å². The number of anilines is 2. The summed E-state index contributed by atoms with van der Waals surface area (Å²) in [5.74, 6) is 0.828. The Bertz CT molecular complexity index is 887. The molecule has 1 fully saturated rings. The van der Waals surface area contributed by atoms with Gasteiger partial charge in [0.2, 0.25) is 5.91 Å². The van der Waals surface area contributed by atoms with E-state index in [9.17, 15) is 4.79 Å². The summed E-state index contributed by atoms with van der Waals surface area (Å²) in [6.45, 7) is 6.08. The highest BCUT2D eigenvalue weighted by molar-refractivity contribution is 5.93. The third kappa shape index (κ3) is 3.39. The second-order valence-corrected chi connectivity index (χ2v) is 8.17. The first-order valence-electron chi connectivity index (χ1n) is 9.30. The molecule has 0 bridgehead atoms. The number of ether oxygens (including phenoxy) is 2. The van der Waals surface area contributed by atoms with Crippen molar-refractivity contribution in [2.75, 3.05) is 24.3 Å². The Kier molecular flexibility index (Phi) is 4.15. The molecule has 0 spiro atoms. The van der Waals surface area contributed by atoms with Crippen molar-refractivity contribution in [3.8, 4) is 5.75 Å². The van der Waals surface area contributed by atoms with Crippen LogP contribution in [0, 0.1) is 6.92 Å². The van der Waals surface area contributed by atoms with Crippen molar-refractivity contribution in [3.05, 3.63) is 53.1 Å². The molecule has 2 unspecified atom stereocenters. The summed E-state index contributed by atoms with van der Waals surface area (Å²) >= 11 is 0. The molecule has 1 N–H and O–H groups in total. The van der Waals surface area contributed by atoms with Crippen molar-refractivity contribution in [1.29, 1.82) is 0 Å². The molecular formula is C22H26N2O3. The Hall–Kier alpha value is -2.53. The van der Waals surface area contributed by atoms with Gasteiger partial charge < -0.3 is 19.7 Å². The molecule has 2 atom stereocenters. The number of fused-ring (bicyclic) bond motifs is 3. The predicted octanol–water partition coefficient (Wildman–Crippen LogP) is 3.85. The zero-order chi connectivity index (χ0) is 19.3. The minimum Gasteiger partial charge on any atom is -0.485 e. The number of nitrogens with zero attached hydrogens (tertiary/aromatic N) is 1. The maximum absolute atomic E-state index is 12.5. The van der Waals surface area contributed by atoms with E-state index in [2.05, 4.69) is 5.32 Å². The number of carbonyl (C=O) groups excluding carboxylic acids is 1. The molecule has 27 heavy (non-hydrogen) atoms. The molecule has 5 nitrogen and oxygen atoms in total. The Labute approximate surface area is 160 Å². The van der Waals surface area contributed by atoms with Gasteiger partial charge in [-0.2, -0.15) is 0 Å². The quantitative estimate of drug-likeness (QED) is 0.835. The summed E-state index contributed by atoms with van der Waals surface area (Å²) in [5, 5.41) is 3.05. The summed E-state index contributed by atoms with van der Waals surface area (Å²) < 4.78 is 11.9. The highest BCUT2D eigenvalue weighted by Crippen LogP contribution is 2.54. The monoisotopic (exact) mass is 366 g/mol. The smallest absolute Gasteiger partial charge is 0.228 e. The van der Waals surface area contributed by atoms with Gasteiger partial charge in [0, 0.05) is 31.0 Å². The van der Waals surface area contributed by atoms with Crippen molar-refractivity contribution in [2.24, 2.45) is 0 Å². The average molecular weight is 366 g/mol. The SMILES string of the molecule is Cc1cc2c(cc1NC(=O)Cc1ccc(N(C)C)cc1)C1OC1C(C)(C)O2. The molecule has 0 saturated carbocycles.